The van der Waals surface area contributed by atoms with Crippen molar-refractivity contribution in [3.63, 3.8) is 0 Å². The van der Waals surface area contributed by atoms with Gasteiger partial charge < -0.3 is 4.74 Å². The third-order valence-electron chi connectivity index (χ3n) is 3.30. The molecule has 3 aromatic rings. The highest BCUT2D eigenvalue weighted by Gasteiger charge is 2.17. The summed E-state index contributed by atoms with van der Waals surface area (Å²) in [6.45, 7) is 2.13. The fourth-order valence-corrected chi connectivity index (χ4v) is 2.36. The number of aromatic nitrogens is 2. The van der Waals surface area contributed by atoms with E-state index in [4.69, 9.17) is 4.74 Å². The molecule has 0 unspecified atom stereocenters. The van der Waals surface area contributed by atoms with Gasteiger partial charge in [-0.2, -0.15) is 0 Å². The molecule has 0 spiro atoms. The molecular weight excluding hydrogens is 264 g/mol. The number of benzene rings is 1. The Morgan fingerprint density at radius 3 is 2.67 bits per heavy atom. The molecule has 0 radical (unpaired) electrons. The third kappa shape index (κ3) is 2.65. The molecule has 0 saturated heterocycles. The summed E-state index contributed by atoms with van der Waals surface area (Å²) in [6, 6.07) is 15.9. The summed E-state index contributed by atoms with van der Waals surface area (Å²) in [5, 5.41) is 0. The fourth-order valence-electron chi connectivity index (χ4n) is 2.36. The minimum atomic E-state index is -0.391. The highest BCUT2D eigenvalue weighted by molar-refractivity contribution is 5.87. The molecule has 2 aromatic heterocycles. The maximum Gasteiger partial charge on any atom is 0.374 e. The van der Waals surface area contributed by atoms with Crippen molar-refractivity contribution in [2.45, 2.75) is 13.3 Å². The molecule has 1 aromatic carbocycles. The molecule has 0 bridgehead atoms. The van der Waals surface area contributed by atoms with Gasteiger partial charge in [-0.05, 0) is 24.6 Å². The van der Waals surface area contributed by atoms with Gasteiger partial charge in [0.15, 0.2) is 0 Å². The second-order valence-electron chi connectivity index (χ2n) is 4.72. The Kier molecular flexibility index (Phi) is 3.69. The van der Waals surface area contributed by atoms with Crippen LogP contribution >= 0.6 is 0 Å². The number of imidazole rings is 1. The molecule has 0 aliphatic rings. The van der Waals surface area contributed by atoms with Crippen LogP contribution in [0.4, 0.5) is 0 Å². The quantitative estimate of drug-likeness (QED) is 0.690. The molecule has 0 aliphatic carbocycles. The van der Waals surface area contributed by atoms with E-state index >= 15 is 0 Å². The molecule has 0 amide bonds. The fraction of sp³-hybridized carbons (Fsp3) is 0.176. The summed E-state index contributed by atoms with van der Waals surface area (Å²) in [7, 11) is 0. The first-order valence-electron chi connectivity index (χ1n) is 6.96. The Morgan fingerprint density at radius 2 is 1.90 bits per heavy atom. The van der Waals surface area contributed by atoms with Crippen molar-refractivity contribution in [3.8, 4) is 0 Å². The molecule has 0 atom stereocenters. The Morgan fingerprint density at radius 1 is 1.14 bits per heavy atom. The molecule has 21 heavy (non-hydrogen) atoms. The number of hydrogen-bond donors (Lipinski definition) is 0. The van der Waals surface area contributed by atoms with Gasteiger partial charge in [0.25, 0.3) is 0 Å². The number of pyridine rings is 1. The van der Waals surface area contributed by atoms with Gasteiger partial charge in [-0.1, -0.05) is 36.4 Å². The first-order chi connectivity index (χ1) is 10.3. The lowest BCUT2D eigenvalue weighted by Gasteiger charge is -2.00. The Balaban J connectivity index is 2.05. The number of carbonyl (C=O) groups is 1. The average Bonchev–Trinajstić information content (AvgIpc) is 2.88. The van der Waals surface area contributed by atoms with Crippen LogP contribution in [0.5, 0.6) is 0 Å². The van der Waals surface area contributed by atoms with E-state index in [9.17, 15) is 4.79 Å². The normalized spacial score (nSPS) is 10.7. The molecule has 4 heteroatoms. The van der Waals surface area contributed by atoms with Gasteiger partial charge in [0.1, 0.15) is 0 Å². The molecule has 3 rings (SSSR count). The Hall–Kier alpha value is -2.62. The number of esters is 1. The lowest BCUT2D eigenvalue weighted by molar-refractivity contribution is 0.0511. The standard InChI is InChI=1S/C17H16N2O2/c1-2-21-17(20)16-18-14(12-13-8-4-3-5-9-13)15-10-6-7-11-19(15)16/h3-11H,2,12H2,1H3. The van der Waals surface area contributed by atoms with Crippen molar-refractivity contribution in [2.75, 3.05) is 6.61 Å². The van der Waals surface area contributed by atoms with Crippen LogP contribution in [0.1, 0.15) is 28.8 Å². The molecule has 2 heterocycles. The summed E-state index contributed by atoms with van der Waals surface area (Å²) < 4.78 is 6.87. The number of ether oxygens (including phenoxy) is 1. The highest BCUT2D eigenvalue weighted by Crippen LogP contribution is 2.17. The molecule has 0 aliphatic heterocycles. The topological polar surface area (TPSA) is 43.6 Å². The lowest BCUT2D eigenvalue weighted by atomic mass is 10.1. The van der Waals surface area contributed by atoms with E-state index in [1.54, 1.807) is 11.3 Å². The van der Waals surface area contributed by atoms with Crippen molar-refractivity contribution >= 4 is 11.5 Å². The van der Waals surface area contributed by atoms with Gasteiger partial charge in [0.05, 0.1) is 17.8 Å². The molecule has 0 saturated carbocycles. The van der Waals surface area contributed by atoms with Gasteiger partial charge in [-0.15, -0.1) is 0 Å². The number of hydrogen-bond acceptors (Lipinski definition) is 3. The van der Waals surface area contributed by atoms with Gasteiger partial charge in [-0.3, -0.25) is 4.40 Å². The average molecular weight is 280 g/mol. The molecule has 0 N–H and O–H groups in total. The van der Waals surface area contributed by atoms with Crippen LogP contribution in [-0.4, -0.2) is 22.0 Å². The maximum atomic E-state index is 12.0. The van der Waals surface area contributed by atoms with E-state index in [-0.39, 0.29) is 0 Å². The van der Waals surface area contributed by atoms with Crippen LogP contribution < -0.4 is 0 Å². The lowest BCUT2D eigenvalue weighted by Crippen LogP contribution is -2.09. The first-order valence-corrected chi connectivity index (χ1v) is 6.96. The van der Waals surface area contributed by atoms with E-state index in [0.717, 1.165) is 16.8 Å². The van der Waals surface area contributed by atoms with Gasteiger partial charge in [0, 0.05) is 12.6 Å². The van der Waals surface area contributed by atoms with E-state index in [2.05, 4.69) is 17.1 Å². The molecule has 4 nitrogen and oxygen atoms in total. The van der Waals surface area contributed by atoms with E-state index in [1.165, 1.54) is 0 Å². The zero-order chi connectivity index (χ0) is 14.7. The second kappa shape index (κ2) is 5.79. The van der Waals surface area contributed by atoms with Crippen molar-refractivity contribution in [2.24, 2.45) is 0 Å². The number of carbonyl (C=O) groups excluding carboxylic acids is 1. The number of rotatable bonds is 4. The second-order valence-corrected chi connectivity index (χ2v) is 4.72. The monoisotopic (exact) mass is 280 g/mol. The van der Waals surface area contributed by atoms with Crippen LogP contribution in [0.25, 0.3) is 5.52 Å². The maximum absolute atomic E-state index is 12.0. The number of fused-ring (bicyclic) bond motifs is 1. The molecule has 106 valence electrons. The Labute approximate surface area is 123 Å². The van der Waals surface area contributed by atoms with Crippen LogP contribution in [0.15, 0.2) is 54.7 Å². The molecule has 0 fully saturated rings. The summed E-state index contributed by atoms with van der Waals surface area (Å²) in [5.74, 6) is -0.0589. The van der Waals surface area contributed by atoms with Gasteiger partial charge in [-0.25, -0.2) is 9.78 Å². The predicted octanol–water partition coefficient (Wildman–Crippen LogP) is 3.10. The molecular formula is C17H16N2O2. The summed E-state index contributed by atoms with van der Waals surface area (Å²) in [4.78, 5) is 16.5. The summed E-state index contributed by atoms with van der Waals surface area (Å²) in [5.41, 5.74) is 2.98. The number of nitrogens with zero attached hydrogens (tertiary/aromatic N) is 2. The SMILES string of the molecule is CCOC(=O)c1nc(Cc2ccccc2)c2ccccn12. The zero-order valence-corrected chi connectivity index (χ0v) is 11.8. The van der Waals surface area contributed by atoms with Crippen molar-refractivity contribution < 1.29 is 9.53 Å². The van der Waals surface area contributed by atoms with E-state index < -0.39 is 5.97 Å². The van der Waals surface area contributed by atoms with Gasteiger partial charge in [0.2, 0.25) is 5.82 Å². The highest BCUT2D eigenvalue weighted by atomic mass is 16.5. The Bertz CT molecular complexity index is 763. The third-order valence-corrected chi connectivity index (χ3v) is 3.30. The van der Waals surface area contributed by atoms with Crippen LogP contribution in [0.2, 0.25) is 0 Å². The minimum absolute atomic E-state index is 0.332. The summed E-state index contributed by atoms with van der Waals surface area (Å²) >= 11 is 0. The van der Waals surface area contributed by atoms with Crippen molar-refractivity contribution in [1.82, 2.24) is 9.38 Å². The largest absolute Gasteiger partial charge is 0.460 e. The zero-order valence-electron chi connectivity index (χ0n) is 11.8. The minimum Gasteiger partial charge on any atom is -0.460 e. The van der Waals surface area contributed by atoms with E-state index in [0.29, 0.717) is 18.9 Å². The first kappa shape index (κ1) is 13.4. The summed E-state index contributed by atoms with van der Waals surface area (Å²) in [6.07, 6.45) is 2.52. The van der Waals surface area contributed by atoms with Crippen LogP contribution in [0.3, 0.4) is 0 Å². The van der Waals surface area contributed by atoms with Crippen molar-refractivity contribution in [1.29, 1.82) is 0 Å². The van der Waals surface area contributed by atoms with Crippen LogP contribution in [0, 0.1) is 0 Å². The smallest absolute Gasteiger partial charge is 0.374 e. The van der Waals surface area contributed by atoms with Crippen molar-refractivity contribution in [3.05, 3.63) is 71.8 Å². The van der Waals surface area contributed by atoms with Gasteiger partial charge >= 0.3 is 5.97 Å². The van der Waals surface area contributed by atoms with E-state index in [1.807, 2.05) is 42.6 Å². The predicted molar refractivity (Wildman–Crippen MR) is 80.4 cm³/mol. The van der Waals surface area contributed by atoms with Crippen LogP contribution in [-0.2, 0) is 11.2 Å².